The van der Waals surface area contributed by atoms with Gasteiger partial charge in [-0.05, 0) is 57.9 Å². The first-order valence-corrected chi connectivity index (χ1v) is 9.76. The molecule has 7 nitrogen and oxygen atoms in total. The van der Waals surface area contributed by atoms with Crippen LogP contribution in [0.25, 0.3) is 0 Å². The van der Waals surface area contributed by atoms with Gasteiger partial charge in [-0.1, -0.05) is 23.8 Å². The van der Waals surface area contributed by atoms with Crippen LogP contribution in [-0.2, 0) is 14.2 Å². The maximum Gasteiger partial charge on any atom is 0.412 e. The largest absolute Gasteiger partial charge is 0.464 e. The first-order valence-electron chi connectivity index (χ1n) is 9.76. The lowest BCUT2D eigenvalue weighted by Crippen LogP contribution is -2.33. The van der Waals surface area contributed by atoms with Gasteiger partial charge in [0, 0.05) is 11.3 Å². The molecule has 0 radical (unpaired) electrons. The molecule has 0 unspecified atom stereocenters. The van der Waals surface area contributed by atoms with Gasteiger partial charge < -0.3 is 14.2 Å². The van der Waals surface area contributed by atoms with Gasteiger partial charge in [0.1, 0.15) is 18.1 Å². The highest BCUT2D eigenvalue weighted by molar-refractivity contribution is 5.96. The quantitative estimate of drug-likeness (QED) is 0.733. The molecule has 7 heteroatoms. The Kier molecular flexibility index (Phi) is 6.61. The lowest BCUT2D eigenvalue weighted by atomic mass is 10.0. The summed E-state index contributed by atoms with van der Waals surface area (Å²) < 4.78 is 15.9. The number of carbonyl (C=O) groups excluding carboxylic acids is 2. The van der Waals surface area contributed by atoms with Crippen molar-refractivity contribution in [2.24, 2.45) is 0 Å². The molecule has 0 spiro atoms. The minimum atomic E-state index is -0.590. The predicted octanol–water partition coefficient (Wildman–Crippen LogP) is 5.07. The van der Waals surface area contributed by atoms with Crippen LogP contribution in [0, 0.1) is 0 Å². The van der Waals surface area contributed by atoms with Crippen molar-refractivity contribution in [1.29, 1.82) is 0 Å². The van der Waals surface area contributed by atoms with Crippen LogP contribution in [0.15, 0.2) is 72.7 Å². The van der Waals surface area contributed by atoms with E-state index in [4.69, 9.17) is 14.2 Å². The van der Waals surface area contributed by atoms with Crippen molar-refractivity contribution in [3.63, 3.8) is 0 Å². The Morgan fingerprint density at radius 3 is 2.53 bits per heavy atom. The van der Waals surface area contributed by atoms with Crippen molar-refractivity contribution in [3.8, 4) is 0 Å². The number of nitrogens with zero attached hydrogens (tertiary/aromatic N) is 1. The van der Waals surface area contributed by atoms with Crippen molar-refractivity contribution in [2.45, 2.75) is 39.2 Å². The highest BCUT2D eigenvalue weighted by atomic mass is 16.6. The van der Waals surface area contributed by atoms with Gasteiger partial charge in [-0.25, -0.2) is 4.79 Å². The minimum absolute atomic E-state index is 0.237. The molecule has 1 N–H and O–H groups in total. The lowest BCUT2D eigenvalue weighted by molar-refractivity contribution is 0.0635. The highest BCUT2D eigenvalue weighted by Gasteiger charge is 2.24. The molecule has 0 fully saturated rings. The molecular formula is C23H26N2O5. The minimum Gasteiger partial charge on any atom is -0.464 e. The summed E-state index contributed by atoms with van der Waals surface area (Å²) in [6.07, 6.45) is 11.5. The highest BCUT2D eigenvalue weighted by Crippen LogP contribution is 2.22. The summed E-state index contributed by atoms with van der Waals surface area (Å²) in [6, 6.07) is 6.61. The average Bonchev–Trinajstić information content (AvgIpc) is 2.72. The van der Waals surface area contributed by atoms with E-state index in [0.29, 0.717) is 23.7 Å². The molecule has 0 saturated heterocycles. The molecule has 0 atom stereocenters. The smallest absolute Gasteiger partial charge is 0.412 e. The number of benzene rings is 1. The number of hydrogen-bond donors (Lipinski definition) is 1. The van der Waals surface area contributed by atoms with Crippen LogP contribution in [0.4, 0.5) is 10.5 Å². The molecule has 158 valence electrons. The first kappa shape index (κ1) is 21.2. The molecular weight excluding hydrogens is 384 g/mol. The molecule has 1 heterocycles. The third kappa shape index (κ3) is 6.01. The molecule has 3 rings (SSSR count). The second kappa shape index (κ2) is 9.35. The molecule has 1 aromatic rings. The predicted molar refractivity (Wildman–Crippen MR) is 113 cm³/mol. The zero-order valence-electron chi connectivity index (χ0n) is 17.4. The molecule has 30 heavy (non-hydrogen) atoms. The molecule has 1 aliphatic carbocycles. The van der Waals surface area contributed by atoms with Crippen LogP contribution in [0.3, 0.4) is 0 Å². The monoisotopic (exact) mass is 410 g/mol. The molecule has 2 aliphatic rings. The normalized spacial score (nSPS) is 15.3. The van der Waals surface area contributed by atoms with E-state index in [1.807, 2.05) is 12.2 Å². The molecule has 0 bridgehead atoms. The van der Waals surface area contributed by atoms with Crippen LogP contribution in [0.5, 0.6) is 0 Å². The van der Waals surface area contributed by atoms with E-state index >= 15 is 0 Å². The Bertz CT molecular complexity index is 905. The number of rotatable bonds is 5. The van der Waals surface area contributed by atoms with E-state index in [0.717, 1.165) is 18.4 Å². The maximum absolute atomic E-state index is 13.2. The number of amides is 2. The Balaban J connectivity index is 1.73. The fourth-order valence-corrected chi connectivity index (χ4v) is 2.89. The van der Waals surface area contributed by atoms with Crippen LogP contribution < -0.4 is 5.32 Å². The molecule has 1 aliphatic heterocycles. The topological polar surface area (TPSA) is 77.1 Å². The number of carbonyl (C=O) groups is 2. The van der Waals surface area contributed by atoms with Gasteiger partial charge in [0.15, 0.2) is 6.26 Å². The summed E-state index contributed by atoms with van der Waals surface area (Å²) in [5, 5.41) is 2.65. The van der Waals surface area contributed by atoms with E-state index in [1.54, 1.807) is 45.0 Å². The van der Waals surface area contributed by atoms with Crippen LogP contribution in [-0.4, -0.2) is 29.0 Å². The second-order valence-electron chi connectivity index (χ2n) is 7.87. The van der Waals surface area contributed by atoms with Crippen LogP contribution >= 0.6 is 0 Å². The van der Waals surface area contributed by atoms with Crippen molar-refractivity contribution in [1.82, 2.24) is 4.90 Å². The fraction of sp³-hybridized carbons (Fsp3) is 0.304. The van der Waals surface area contributed by atoms with E-state index in [9.17, 15) is 9.59 Å². The summed E-state index contributed by atoms with van der Waals surface area (Å²) >= 11 is 0. The maximum atomic E-state index is 13.2. The van der Waals surface area contributed by atoms with Crippen molar-refractivity contribution in [2.75, 3.05) is 11.9 Å². The average molecular weight is 410 g/mol. The van der Waals surface area contributed by atoms with Crippen LogP contribution in [0.2, 0.25) is 0 Å². The number of anilines is 1. The Hall–Kier alpha value is -3.48. The third-order valence-electron chi connectivity index (χ3n) is 4.24. The van der Waals surface area contributed by atoms with Gasteiger partial charge in [0.25, 0.3) is 5.91 Å². The van der Waals surface area contributed by atoms with Gasteiger partial charge >= 0.3 is 6.09 Å². The first-order chi connectivity index (χ1) is 14.3. The van der Waals surface area contributed by atoms with E-state index < -0.39 is 11.7 Å². The Labute approximate surface area is 176 Å². The number of nitrogens with one attached hydrogen (secondary N) is 1. The summed E-state index contributed by atoms with van der Waals surface area (Å²) in [4.78, 5) is 26.7. The molecule has 2 amide bonds. The van der Waals surface area contributed by atoms with Crippen molar-refractivity contribution in [3.05, 3.63) is 78.3 Å². The van der Waals surface area contributed by atoms with Gasteiger partial charge in [-0.2, -0.15) is 0 Å². The molecule has 1 aromatic carbocycles. The fourth-order valence-electron chi connectivity index (χ4n) is 2.89. The van der Waals surface area contributed by atoms with Gasteiger partial charge in [0.05, 0.1) is 6.54 Å². The standard InChI is InChI=1S/C23H26N2O5/c1-23(2,3)30-22(27)24-19-11-9-18(10-12-19)21(26)25(20-16-28-13-14-29-20)15-17-7-5-4-6-8-17/h4-5,7,9-14,16H,6,8,15H2,1-3H3,(H,24,27). The van der Waals surface area contributed by atoms with E-state index in [-0.39, 0.29) is 5.91 Å². The number of allylic oxidation sites excluding steroid dienone is 3. The summed E-state index contributed by atoms with van der Waals surface area (Å²) in [5.74, 6) is 0.0772. The van der Waals surface area contributed by atoms with Crippen LogP contribution in [0.1, 0.15) is 44.0 Å². The van der Waals surface area contributed by atoms with Crippen molar-refractivity contribution >= 4 is 17.7 Å². The van der Waals surface area contributed by atoms with Crippen molar-refractivity contribution < 1.29 is 23.8 Å². The molecule has 0 saturated carbocycles. The lowest BCUT2D eigenvalue weighted by Gasteiger charge is -2.26. The third-order valence-corrected chi connectivity index (χ3v) is 4.24. The Morgan fingerprint density at radius 2 is 1.93 bits per heavy atom. The van der Waals surface area contributed by atoms with E-state index in [1.165, 1.54) is 23.7 Å². The van der Waals surface area contributed by atoms with Gasteiger partial charge in [0.2, 0.25) is 5.88 Å². The second-order valence-corrected chi connectivity index (χ2v) is 7.87. The summed E-state index contributed by atoms with van der Waals surface area (Å²) in [5.41, 5.74) is 1.52. The Morgan fingerprint density at radius 1 is 1.17 bits per heavy atom. The summed E-state index contributed by atoms with van der Waals surface area (Å²) in [6.45, 7) is 5.77. The van der Waals surface area contributed by atoms with E-state index in [2.05, 4.69) is 11.4 Å². The van der Waals surface area contributed by atoms with Gasteiger partial charge in [-0.15, -0.1) is 0 Å². The number of hydrogen-bond acceptors (Lipinski definition) is 5. The molecule has 0 aromatic heterocycles. The van der Waals surface area contributed by atoms with Gasteiger partial charge in [-0.3, -0.25) is 15.0 Å². The SMILES string of the molecule is CC(C)(C)OC(=O)Nc1ccc(C(=O)N(CC2=CC=CCC2)C2=COC=CO2)cc1. The zero-order chi connectivity index (χ0) is 21.6. The number of ether oxygens (including phenoxy) is 3. The zero-order valence-corrected chi connectivity index (χ0v) is 17.4. The summed E-state index contributed by atoms with van der Waals surface area (Å²) in [7, 11) is 0.